The largest absolute Gasteiger partial charge is 0.295 e. The number of fused-ring (bicyclic) bond motifs is 1. The van der Waals surface area contributed by atoms with Gasteiger partial charge in [-0.2, -0.15) is 0 Å². The van der Waals surface area contributed by atoms with Gasteiger partial charge in [-0.05, 0) is 19.3 Å². The zero-order chi connectivity index (χ0) is 7.90. The van der Waals surface area contributed by atoms with Crippen molar-refractivity contribution >= 4 is 0 Å². The molecule has 2 rings (SSSR count). The van der Waals surface area contributed by atoms with Crippen molar-refractivity contribution in [3.8, 4) is 0 Å². The van der Waals surface area contributed by atoms with Crippen LogP contribution < -0.4 is 0 Å². The maximum atomic E-state index is 13.0. The van der Waals surface area contributed by atoms with Crippen molar-refractivity contribution < 1.29 is 4.39 Å². The van der Waals surface area contributed by atoms with Crippen molar-refractivity contribution in [3.05, 3.63) is 0 Å². The highest BCUT2D eigenvalue weighted by Crippen LogP contribution is 2.44. The van der Waals surface area contributed by atoms with E-state index in [1.54, 1.807) is 0 Å². The molecule has 0 aliphatic carbocycles. The Morgan fingerprint density at radius 1 is 1.64 bits per heavy atom. The third kappa shape index (κ3) is 0.994. The van der Waals surface area contributed by atoms with Crippen LogP contribution in [0.3, 0.4) is 0 Å². The van der Waals surface area contributed by atoms with E-state index in [9.17, 15) is 4.39 Å². The second-order valence-electron chi connectivity index (χ2n) is 3.97. The fraction of sp³-hybridized carbons (Fsp3) is 1.00. The number of hydrogen-bond donors (Lipinski definition) is 0. The lowest BCUT2D eigenvalue weighted by atomic mass is 9.81. The molecule has 0 aromatic carbocycles. The number of halogens is 1. The Hall–Kier alpha value is -0.110. The lowest BCUT2D eigenvalue weighted by Crippen LogP contribution is -2.55. The molecule has 0 saturated carbocycles. The summed E-state index contributed by atoms with van der Waals surface area (Å²) in [6.45, 7) is 4.04. The predicted octanol–water partition coefficient (Wildman–Crippen LogP) is 1.97. The molecule has 0 amide bonds. The molecular weight excluding hydrogens is 141 g/mol. The Kier molecular flexibility index (Phi) is 1.67. The van der Waals surface area contributed by atoms with Crippen LogP contribution in [0.2, 0.25) is 0 Å². The van der Waals surface area contributed by atoms with E-state index in [1.807, 2.05) is 0 Å². The topological polar surface area (TPSA) is 3.24 Å². The van der Waals surface area contributed by atoms with E-state index in [4.69, 9.17) is 0 Å². The molecule has 2 saturated heterocycles. The Balaban J connectivity index is 2.02. The second kappa shape index (κ2) is 2.44. The van der Waals surface area contributed by atoms with E-state index in [2.05, 4.69) is 11.8 Å². The van der Waals surface area contributed by atoms with Crippen molar-refractivity contribution in [1.82, 2.24) is 4.90 Å². The van der Waals surface area contributed by atoms with Gasteiger partial charge in [0.1, 0.15) is 6.17 Å². The summed E-state index contributed by atoms with van der Waals surface area (Å²) >= 11 is 0. The first kappa shape index (κ1) is 7.53. The van der Waals surface area contributed by atoms with Gasteiger partial charge in [0, 0.05) is 18.6 Å². The Labute approximate surface area is 67.6 Å². The summed E-state index contributed by atoms with van der Waals surface area (Å²) in [4.78, 5) is 2.33. The van der Waals surface area contributed by atoms with Gasteiger partial charge in [0.25, 0.3) is 0 Å². The van der Waals surface area contributed by atoms with Gasteiger partial charge < -0.3 is 0 Å². The average molecular weight is 157 g/mol. The van der Waals surface area contributed by atoms with Gasteiger partial charge in [-0.15, -0.1) is 0 Å². The van der Waals surface area contributed by atoms with Crippen LogP contribution in [0.5, 0.6) is 0 Å². The van der Waals surface area contributed by atoms with Gasteiger partial charge in [0.15, 0.2) is 0 Å². The summed E-state index contributed by atoms with van der Waals surface area (Å²) in [7, 11) is 0. The molecule has 0 bridgehead atoms. The van der Waals surface area contributed by atoms with Crippen LogP contribution >= 0.6 is 0 Å². The SMILES string of the molecule is CCC[C@@]12CCN1C[C@@H](F)C2. The molecule has 2 heteroatoms. The van der Waals surface area contributed by atoms with Crippen LogP contribution in [0.25, 0.3) is 0 Å². The molecule has 0 radical (unpaired) electrons. The molecule has 2 aliphatic heterocycles. The van der Waals surface area contributed by atoms with E-state index in [1.165, 1.54) is 19.3 Å². The molecule has 1 nitrogen and oxygen atoms in total. The zero-order valence-electron chi connectivity index (χ0n) is 7.15. The van der Waals surface area contributed by atoms with E-state index in [0.29, 0.717) is 12.1 Å². The highest BCUT2D eigenvalue weighted by Gasteiger charge is 2.50. The van der Waals surface area contributed by atoms with E-state index < -0.39 is 6.17 Å². The standard InChI is InChI=1S/C9H16FN/c1-2-3-9-4-5-11(9)7-8(10)6-9/h8H,2-7H2,1H3/t8-,9-/m0/s1. The first-order valence-electron chi connectivity index (χ1n) is 4.66. The molecule has 0 spiro atoms. The van der Waals surface area contributed by atoms with Gasteiger partial charge in [-0.25, -0.2) is 4.39 Å². The van der Waals surface area contributed by atoms with Crippen molar-refractivity contribution in [2.24, 2.45) is 0 Å². The molecule has 0 aromatic rings. The number of rotatable bonds is 2. The lowest BCUT2D eigenvalue weighted by molar-refractivity contribution is 0.0196. The van der Waals surface area contributed by atoms with Gasteiger partial charge in [0.2, 0.25) is 0 Å². The highest BCUT2D eigenvalue weighted by atomic mass is 19.1. The van der Waals surface area contributed by atoms with Crippen molar-refractivity contribution in [2.75, 3.05) is 13.1 Å². The molecule has 2 aliphatic rings. The van der Waals surface area contributed by atoms with Crippen LogP contribution in [-0.4, -0.2) is 29.7 Å². The van der Waals surface area contributed by atoms with Gasteiger partial charge in [-0.1, -0.05) is 13.3 Å². The van der Waals surface area contributed by atoms with Crippen LogP contribution in [0.4, 0.5) is 4.39 Å². The Morgan fingerprint density at radius 2 is 2.45 bits per heavy atom. The minimum Gasteiger partial charge on any atom is -0.295 e. The summed E-state index contributed by atoms with van der Waals surface area (Å²) in [6.07, 6.45) is 3.91. The van der Waals surface area contributed by atoms with E-state index in [-0.39, 0.29) is 0 Å². The molecular formula is C9H16FN. The highest BCUT2D eigenvalue weighted by molar-refractivity contribution is 5.06. The minimum absolute atomic E-state index is 0.314. The summed E-state index contributed by atoms with van der Waals surface area (Å²) in [6, 6.07) is 0. The quantitative estimate of drug-likeness (QED) is 0.592. The second-order valence-corrected chi connectivity index (χ2v) is 3.97. The van der Waals surface area contributed by atoms with Crippen LogP contribution in [0, 0.1) is 0 Å². The van der Waals surface area contributed by atoms with Crippen molar-refractivity contribution in [2.45, 2.75) is 44.3 Å². The fourth-order valence-electron chi connectivity index (χ4n) is 2.67. The number of alkyl halides is 1. The molecule has 64 valence electrons. The van der Waals surface area contributed by atoms with E-state index in [0.717, 1.165) is 13.0 Å². The Morgan fingerprint density at radius 3 is 2.91 bits per heavy atom. The normalized spacial score (nSPS) is 43.6. The van der Waals surface area contributed by atoms with E-state index >= 15 is 0 Å². The molecule has 2 fully saturated rings. The summed E-state index contributed by atoms with van der Waals surface area (Å²) in [5.41, 5.74) is 0.314. The van der Waals surface area contributed by atoms with Gasteiger partial charge in [0.05, 0.1) is 0 Å². The third-order valence-electron chi connectivity index (χ3n) is 3.25. The molecule has 2 heterocycles. The predicted molar refractivity (Wildman–Crippen MR) is 43.3 cm³/mol. The van der Waals surface area contributed by atoms with Crippen LogP contribution in [0.15, 0.2) is 0 Å². The maximum Gasteiger partial charge on any atom is 0.115 e. The number of hydrogen-bond acceptors (Lipinski definition) is 1. The average Bonchev–Trinajstić information content (AvgIpc) is 2.15. The summed E-state index contributed by atoms with van der Waals surface area (Å²) in [5.74, 6) is 0. The van der Waals surface area contributed by atoms with Gasteiger partial charge in [-0.3, -0.25) is 4.90 Å². The smallest absolute Gasteiger partial charge is 0.115 e. The maximum absolute atomic E-state index is 13.0. The number of nitrogens with zero attached hydrogens (tertiary/aromatic N) is 1. The molecule has 11 heavy (non-hydrogen) atoms. The van der Waals surface area contributed by atoms with Crippen molar-refractivity contribution in [1.29, 1.82) is 0 Å². The molecule has 0 unspecified atom stereocenters. The van der Waals surface area contributed by atoms with Crippen molar-refractivity contribution in [3.63, 3.8) is 0 Å². The minimum atomic E-state index is -0.538. The monoisotopic (exact) mass is 157 g/mol. The molecule has 0 N–H and O–H groups in total. The van der Waals surface area contributed by atoms with Crippen LogP contribution in [0.1, 0.15) is 32.6 Å². The van der Waals surface area contributed by atoms with Gasteiger partial charge >= 0.3 is 0 Å². The summed E-state index contributed by atoms with van der Waals surface area (Å²) < 4.78 is 13.0. The van der Waals surface area contributed by atoms with Crippen LogP contribution in [-0.2, 0) is 0 Å². The summed E-state index contributed by atoms with van der Waals surface area (Å²) in [5, 5.41) is 0. The fourth-order valence-corrected chi connectivity index (χ4v) is 2.67. The Bertz CT molecular complexity index is 160. The first-order valence-corrected chi connectivity index (χ1v) is 4.66. The lowest BCUT2D eigenvalue weighted by Gasteiger charge is -2.48. The molecule has 2 atom stereocenters. The first-order chi connectivity index (χ1) is 5.27. The third-order valence-corrected chi connectivity index (χ3v) is 3.25. The molecule has 0 aromatic heterocycles. The zero-order valence-corrected chi connectivity index (χ0v) is 7.15.